The molecule has 3 rings (SSSR count). The minimum Gasteiger partial charge on any atom is -0.493 e. The van der Waals surface area contributed by atoms with Gasteiger partial charge in [-0.2, -0.15) is 0 Å². The second-order valence-electron chi connectivity index (χ2n) is 5.60. The third kappa shape index (κ3) is 4.23. The average molecular weight is 415 g/mol. The van der Waals surface area contributed by atoms with Crippen molar-refractivity contribution in [2.24, 2.45) is 0 Å². The van der Waals surface area contributed by atoms with Gasteiger partial charge < -0.3 is 9.15 Å². The van der Waals surface area contributed by atoms with Crippen molar-refractivity contribution < 1.29 is 9.15 Å². The number of rotatable bonds is 6. The van der Waals surface area contributed by atoms with Crippen molar-refractivity contribution in [1.82, 2.24) is 4.57 Å². The molecule has 136 valence electrons. The topological polar surface area (TPSA) is 61.4 Å². The molecule has 8 heteroatoms. The van der Waals surface area contributed by atoms with Gasteiger partial charge in [-0.1, -0.05) is 40.9 Å². The van der Waals surface area contributed by atoms with E-state index in [4.69, 9.17) is 44.0 Å². The number of hydrogen-bond donors (Lipinski definition) is 0. The molecular weight excluding hydrogens is 401 g/mol. The van der Waals surface area contributed by atoms with Crippen molar-refractivity contribution in [3.8, 4) is 5.75 Å². The normalized spacial score (nSPS) is 11.0. The minimum absolute atomic E-state index is 0.280. The molecule has 0 radical (unpaired) electrons. The lowest BCUT2D eigenvalue weighted by Crippen LogP contribution is -2.25. The molecule has 0 N–H and O–H groups in total. The molecule has 26 heavy (non-hydrogen) atoms. The lowest BCUT2D eigenvalue weighted by atomic mass is 10.2. The molecule has 0 unspecified atom stereocenters. The van der Waals surface area contributed by atoms with Gasteiger partial charge in [-0.05, 0) is 43.2 Å². The van der Waals surface area contributed by atoms with Gasteiger partial charge in [-0.3, -0.25) is 4.57 Å². The van der Waals surface area contributed by atoms with Crippen molar-refractivity contribution in [3.05, 3.63) is 72.4 Å². The first-order valence-electron chi connectivity index (χ1n) is 7.87. The molecule has 0 spiro atoms. The van der Waals surface area contributed by atoms with Crippen molar-refractivity contribution >= 4 is 45.7 Å². The van der Waals surface area contributed by atoms with Crippen molar-refractivity contribution in [2.75, 3.05) is 6.61 Å². The lowest BCUT2D eigenvalue weighted by molar-refractivity contribution is 0.301. The Morgan fingerprint density at radius 2 is 1.73 bits per heavy atom. The Morgan fingerprint density at radius 3 is 2.46 bits per heavy atom. The van der Waals surface area contributed by atoms with E-state index >= 15 is 0 Å². The fourth-order valence-corrected chi connectivity index (χ4v) is 3.39. The van der Waals surface area contributed by atoms with Gasteiger partial charge in [0.05, 0.1) is 22.5 Å². The van der Waals surface area contributed by atoms with E-state index in [2.05, 4.69) is 0 Å². The molecule has 2 aromatic carbocycles. The molecule has 5 nitrogen and oxygen atoms in total. The van der Waals surface area contributed by atoms with E-state index in [-0.39, 0.29) is 5.39 Å². The van der Waals surface area contributed by atoms with Crippen LogP contribution in [-0.2, 0) is 6.54 Å². The molecule has 0 atom stereocenters. The Labute approximate surface area is 163 Å². The van der Waals surface area contributed by atoms with Gasteiger partial charge in [0, 0.05) is 16.6 Å². The highest BCUT2D eigenvalue weighted by atomic mass is 35.5. The summed E-state index contributed by atoms with van der Waals surface area (Å²) in [6.07, 6.45) is 1.30. The Balaban J connectivity index is 1.67. The van der Waals surface area contributed by atoms with Crippen LogP contribution in [0.1, 0.15) is 12.8 Å². The average Bonchev–Trinajstić information content (AvgIpc) is 2.56. The molecule has 0 saturated carbocycles. The fraction of sp³-hybridized carbons (Fsp3) is 0.222. The monoisotopic (exact) mass is 413 g/mol. The van der Waals surface area contributed by atoms with Crippen LogP contribution in [0.25, 0.3) is 10.9 Å². The van der Waals surface area contributed by atoms with Crippen molar-refractivity contribution in [1.29, 1.82) is 0 Å². The van der Waals surface area contributed by atoms with E-state index in [0.717, 1.165) is 0 Å². The largest absolute Gasteiger partial charge is 0.493 e. The molecule has 0 bridgehead atoms. The highest BCUT2D eigenvalue weighted by Gasteiger charge is 2.12. The number of aromatic nitrogens is 1. The summed E-state index contributed by atoms with van der Waals surface area (Å²) in [4.78, 5) is 23.9. The van der Waals surface area contributed by atoms with Crippen LogP contribution >= 0.6 is 34.8 Å². The summed E-state index contributed by atoms with van der Waals surface area (Å²) < 4.78 is 11.7. The predicted octanol–water partition coefficient (Wildman–Crippen LogP) is 4.77. The van der Waals surface area contributed by atoms with Gasteiger partial charge in [0.15, 0.2) is 0 Å². The Morgan fingerprint density at radius 1 is 1.00 bits per heavy atom. The van der Waals surface area contributed by atoms with Gasteiger partial charge in [0.25, 0.3) is 0 Å². The van der Waals surface area contributed by atoms with Crippen LogP contribution < -0.4 is 16.1 Å². The summed E-state index contributed by atoms with van der Waals surface area (Å²) in [5.41, 5.74) is -0.303. The smallest absolute Gasteiger partial charge is 0.422 e. The second-order valence-corrected chi connectivity index (χ2v) is 6.88. The van der Waals surface area contributed by atoms with Crippen LogP contribution in [0.15, 0.2) is 50.4 Å². The number of nitrogens with zero attached hydrogens (tertiary/aromatic N) is 1. The van der Waals surface area contributed by atoms with Crippen LogP contribution in [-0.4, -0.2) is 11.2 Å². The number of aryl methyl sites for hydroxylation is 1. The predicted molar refractivity (Wildman–Crippen MR) is 103 cm³/mol. The number of hydrogen-bond acceptors (Lipinski definition) is 4. The number of ether oxygens (including phenoxy) is 1. The number of benzene rings is 2. The SMILES string of the molecule is O=c1oc(=O)n(CCCCOc2cc(Cl)cc(Cl)c2)c2c(Cl)cccc12. The van der Waals surface area contributed by atoms with Crippen molar-refractivity contribution in [2.45, 2.75) is 19.4 Å². The summed E-state index contributed by atoms with van der Waals surface area (Å²) in [6.45, 7) is 0.774. The van der Waals surface area contributed by atoms with E-state index in [1.165, 1.54) is 4.57 Å². The zero-order valence-electron chi connectivity index (χ0n) is 13.5. The maximum Gasteiger partial charge on any atom is 0.422 e. The molecule has 0 aliphatic heterocycles. The molecule has 1 heterocycles. The fourth-order valence-electron chi connectivity index (χ4n) is 2.61. The van der Waals surface area contributed by atoms with Gasteiger partial charge in [-0.15, -0.1) is 0 Å². The molecule has 0 saturated heterocycles. The van der Waals surface area contributed by atoms with E-state index in [0.29, 0.717) is 52.3 Å². The van der Waals surface area contributed by atoms with Crippen LogP contribution in [0.2, 0.25) is 15.1 Å². The molecule has 0 aliphatic rings. The van der Waals surface area contributed by atoms with E-state index < -0.39 is 11.4 Å². The number of unbranched alkanes of at least 4 members (excludes halogenated alkanes) is 1. The Hall–Kier alpha value is -1.95. The van der Waals surface area contributed by atoms with E-state index in [1.807, 2.05) is 0 Å². The first-order chi connectivity index (χ1) is 12.5. The second kappa shape index (κ2) is 8.16. The number of fused-ring (bicyclic) bond motifs is 1. The van der Waals surface area contributed by atoms with Crippen LogP contribution in [0.4, 0.5) is 0 Å². The molecule has 3 aromatic rings. The van der Waals surface area contributed by atoms with Gasteiger partial charge in [0.2, 0.25) is 0 Å². The van der Waals surface area contributed by atoms with Gasteiger partial charge in [-0.25, -0.2) is 9.59 Å². The van der Waals surface area contributed by atoms with E-state index in [9.17, 15) is 9.59 Å². The van der Waals surface area contributed by atoms with Crippen LogP contribution in [0, 0.1) is 0 Å². The van der Waals surface area contributed by atoms with Crippen molar-refractivity contribution in [3.63, 3.8) is 0 Å². The van der Waals surface area contributed by atoms with Gasteiger partial charge >= 0.3 is 11.4 Å². The first-order valence-corrected chi connectivity index (χ1v) is 9.00. The number of para-hydroxylation sites is 1. The lowest BCUT2D eigenvalue weighted by Gasteiger charge is -2.10. The third-order valence-corrected chi connectivity index (χ3v) is 4.50. The standard InChI is InChI=1S/C18H14Cl3NO4/c19-11-8-12(20)10-13(9-11)25-7-2-1-6-22-16-14(4-3-5-15(16)21)17(23)26-18(22)24/h3-5,8-10H,1-2,6-7H2. The molecule has 0 fully saturated rings. The van der Waals surface area contributed by atoms with Crippen LogP contribution in [0.3, 0.4) is 0 Å². The zero-order valence-corrected chi connectivity index (χ0v) is 15.8. The zero-order chi connectivity index (χ0) is 18.7. The summed E-state index contributed by atoms with van der Waals surface area (Å²) in [5, 5.41) is 1.61. The van der Waals surface area contributed by atoms with Crippen LogP contribution in [0.5, 0.6) is 5.75 Å². The summed E-state index contributed by atoms with van der Waals surface area (Å²) in [5.74, 6) is -0.142. The quantitative estimate of drug-likeness (QED) is 0.545. The summed E-state index contributed by atoms with van der Waals surface area (Å²) in [7, 11) is 0. The molecule has 0 amide bonds. The summed E-state index contributed by atoms with van der Waals surface area (Å²) >= 11 is 18.0. The molecule has 0 aliphatic carbocycles. The highest BCUT2D eigenvalue weighted by Crippen LogP contribution is 2.24. The van der Waals surface area contributed by atoms with Gasteiger partial charge in [0.1, 0.15) is 5.75 Å². The van der Waals surface area contributed by atoms with E-state index in [1.54, 1.807) is 36.4 Å². The third-order valence-electron chi connectivity index (χ3n) is 3.76. The first kappa shape index (κ1) is 18.8. The summed E-state index contributed by atoms with van der Waals surface area (Å²) in [6, 6.07) is 9.83. The maximum absolute atomic E-state index is 12.0. The Kier molecular flexibility index (Phi) is 5.91. The Bertz CT molecular complexity index is 1040. The maximum atomic E-state index is 12.0. The highest BCUT2D eigenvalue weighted by molar-refractivity contribution is 6.35. The molecular formula is C18H14Cl3NO4. The number of halogens is 3. The minimum atomic E-state index is -0.724. The molecule has 1 aromatic heterocycles.